The van der Waals surface area contributed by atoms with Crippen molar-refractivity contribution in [3.05, 3.63) is 11.7 Å². The summed E-state index contributed by atoms with van der Waals surface area (Å²) in [6.07, 6.45) is -18.1. The van der Waals surface area contributed by atoms with Crippen LogP contribution in [0.15, 0.2) is 11.7 Å². The predicted octanol–water partition coefficient (Wildman–Crippen LogP) is 6.48. The first kappa shape index (κ1) is 26.5. The summed E-state index contributed by atoms with van der Waals surface area (Å²) in [7, 11) is 0. The van der Waals surface area contributed by atoms with Gasteiger partial charge < -0.3 is 0 Å². The summed E-state index contributed by atoms with van der Waals surface area (Å²) in [5, 5.41) is 0. The minimum Gasteiger partial charge on any atom is -0.234 e. The molecule has 0 bridgehead atoms. The van der Waals surface area contributed by atoms with Gasteiger partial charge in [-0.05, 0) is 0 Å². The number of hydrogen-bond acceptors (Lipinski definition) is 0. The summed E-state index contributed by atoms with van der Waals surface area (Å²) in [4.78, 5) is 0. The first-order chi connectivity index (χ1) is 11.9. The topological polar surface area (TPSA) is 0 Å². The fourth-order valence-electron chi connectivity index (χ4n) is 1.28. The van der Waals surface area contributed by atoms with Crippen LogP contribution in [-0.4, -0.2) is 48.4 Å². The lowest BCUT2D eigenvalue weighted by Crippen LogP contribution is -2.66. The maximum absolute atomic E-state index is 13.0. The highest BCUT2D eigenvalue weighted by atomic mass is 19.4. The zero-order valence-corrected chi connectivity index (χ0v) is 12.0. The third-order valence-corrected chi connectivity index (χ3v) is 2.87. The molecular weight excluding hydrogens is 462 g/mol. The molecule has 0 aliphatic heterocycles. The molecule has 1 unspecified atom stereocenters. The van der Waals surface area contributed by atoms with Gasteiger partial charge >= 0.3 is 35.8 Å². The first-order valence-corrected chi connectivity index (χ1v) is 5.86. The minimum atomic E-state index is -8.17. The second kappa shape index (κ2) is 7.07. The molecule has 0 N–H and O–H groups in total. The summed E-state index contributed by atoms with van der Waals surface area (Å²) in [5.74, 6) is -49.3. The van der Waals surface area contributed by atoms with Crippen molar-refractivity contribution in [2.24, 2.45) is 0 Å². The van der Waals surface area contributed by atoms with Gasteiger partial charge in [0, 0.05) is 0 Å². The fraction of sp³-hybridized carbons (Fsp3) is 0.800. The van der Waals surface area contributed by atoms with Crippen molar-refractivity contribution in [2.75, 3.05) is 0 Å². The molecule has 0 aliphatic rings. The van der Waals surface area contributed by atoms with Crippen LogP contribution in [0, 0.1) is 0 Å². The molecule has 0 spiro atoms. The zero-order chi connectivity index (χ0) is 23.3. The van der Waals surface area contributed by atoms with Gasteiger partial charge in [0.05, 0.1) is 0 Å². The second-order valence-electron chi connectivity index (χ2n) is 4.78. The molecule has 168 valence electrons. The van der Waals surface area contributed by atoms with E-state index in [1.54, 1.807) is 0 Å². The van der Waals surface area contributed by atoms with Gasteiger partial charge in [-0.15, -0.1) is 0 Å². The molecule has 0 saturated carbocycles. The van der Waals surface area contributed by atoms with E-state index in [1.165, 1.54) is 0 Å². The Kier molecular flexibility index (Phi) is 6.68. The van der Waals surface area contributed by atoms with Crippen LogP contribution in [0.2, 0.25) is 0 Å². The van der Waals surface area contributed by atoms with E-state index in [0.717, 1.165) is 0 Å². The van der Waals surface area contributed by atoms with E-state index >= 15 is 0 Å². The highest BCUT2D eigenvalue weighted by molar-refractivity contribution is 5.24. The summed E-state index contributed by atoms with van der Waals surface area (Å²) in [6.45, 7) is 0. The molecule has 0 aromatic carbocycles. The summed E-state index contributed by atoms with van der Waals surface area (Å²) >= 11 is 0. The van der Waals surface area contributed by atoms with Crippen LogP contribution in [0.1, 0.15) is 0 Å². The van der Waals surface area contributed by atoms with E-state index in [-0.39, 0.29) is 0 Å². The standard InChI is InChI=1S/C10H2F18/c11-1(2(12)7(20,21)10(26,27)28)5(16,17)8(22,23)9(24,25)6(18,19)3(13)4(14)15/h3-4H. The molecule has 18 heteroatoms. The average molecular weight is 464 g/mol. The van der Waals surface area contributed by atoms with Crippen LogP contribution >= 0.6 is 0 Å². The van der Waals surface area contributed by atoms with Crippen LogP contribution in [0.5, 0.6) is 0 Å². The fourth-order valence-corrected chi connectivity index (χ4v) is 1.28. The molecule has 0 amide bonds. The molecular formula is C10H2F18. The molecule has 0 aromatic heterocycles. The van der Waals surface area contributed by atoms with Gasteiger partial charge in [0.25, 0.3) is 6.43 Å². The molecule has 1 atom stereocenters. The van der Waals surface area contributed by atoms with E-state index in [2.05, 4.69) is 0 Å². The van der Waals surface area contributed by atoms with Crippen LogP contribution in [0.4, 0.5) is 79.0 Å². The second-order valence-corrected chi connectivity index (χ2v) is 4.78. The highest BCUT2D eigenvalue weighted by Gasteiger charge is 2.85. The zero-order valence-electron chi connectivity index (χ0n) is 12.0. The molecule has 28 heavy (non-hydrogen) atoms. The van der Waals surface area contributed by atoms with Crippen molar-refractivity contribution in [2.45, 2.75) is 48.4 Å². The van der Waals surface area contributed by atoms with Crippen LogP contribution in [0.3, 0.4) is 0 Å². The number of allylic oxidation sites excluding steroid dienone is 2. The average Bonchev–Trinajstić information content (AvgIpc) is 2.50. The van der Waals surface area contributed by atoms with E-state index in [4.69, 9.17) is 0 Å². The van der Waals surface area contributed by atoms with E-state index < -0.39 is 60.0 Å². The Labute approximate surface area is 140 Å². The Balaban J connectivity index is 6.58. The molecule has 0 saturated heterocycles. The number of halogens is 18. The Morgan fingerprint density at radius 1 is 0.500 bits per heavy atom. The van der Waals surface area contributed by atoms with Gasteiger partial charge in [-0.25, -0.2) is 22.0 Å². The molecule has 0 aliphatic carbocycles. The van der Waals surface area contributed by atoms with Crippen LogP contribution in [0.25, 0.3) is 0 Å². The highest BCUT2D eigenvalue weighted by Crippen LogP contribution is 2.58. The minimum absolute atomic E-state index is 5.12. The maximum atomic E-state index is 13.0. The van der Waals surface area contributed by atoms with E-state index in [0.29, 0.717) is 0 Å². The maximum Gasteiger partial charge on any atom is 0.460 e. The molecule has 0 nitrogen and oxygen atoms in total. The largest absolute Gasteiger partial charge is 0.460 e. The molecule has 0 heterocycles. The SMILES string of the molecule is FC(=C(F)C(F)(F)C(F)(F)C(F)(F)C(F)(F)C(F)C(F)F)C(F)(F)C(F)(F)F. The Hall–Kier alpha value is -1.52. The first-order valence-electron chi connectivity index (χ1n) is 5.86. The number of hydrogen-bond donors (Lipinski definition) is 0. The van der Waals surface area contributed by atoms with Gasteiger partial charge in [-0.1, -0.05) is 0 Å². The van der Waals surface area contributed by atoms with Crippen molar-refractivity contribution in [3.63, 3.8) is 0 Å². The van der Waals surface area contributed by atoms with Gasteiger partial charge in [0.1, 0.15) is 0 Å². The van der Waals surface area contributed by atoms with Crippen molar-refractivity contribution in [3.8, 4) is 0 Å². The quantitative estimate of drug-likeness (QED) is 0.379. The van der Waals surface area contributed by atoms with Crippen molar-refractivity contribution >= 4 is 0 Å². The van der Waals surface area contributed by atoms with Crippen molar-refractivity contribution in [1.29, 1.82) is 0 Å². The molecule has 0 fully saturated rings. The number of alkyl halides is 16. The van der Waals surface area contributed by atoms with Crippen molar-refractivity contribution < 1.29 is 79.0 Å². The summed E-state index contributed by atoms with van der Waals surface area (Å²) < 4.78 is 225. The predicted molar refractivity (Wildman–Crippen MR) is 50.9 cm³/mol. The third-order valence-electron chi connectivity index (χ3n) is 2.87. The Morgan fingerprint density at radius 3 is 1.11 bits per heavy atom. The van der Waals surface area contributed by atoms with Gasteiger partial charge in [0.15, 0.2) is 0 Å². The third kappa shape index (κ3) is 3.69. The van der Waals surface area contributed by atoms with Gasteiger partial charge in [-0.3, -0.25) is 0 Å². The smallest absolute Gasteiger partial charge is 0.234 e. The van der Waals surface area contributed by atoms with Gasteiger partial charge in [0.2, 0.25) is 17.8 Å². The molecule has 0 aromatic rings. The Morgan fingerprint density at radius 2 is 0.821 bits per heavy atom. The van der Waals surface area contributed by atoms with E-state index in [9.17, 15) is 79.0 Å². The summed E-state index contributed by atoms with van der Waals surface area (Å²) in [6, 6.07) is 0. The monoisotopic (exact) mass is 464 g/mol. The van der Waals surface area contributed by atoms with Gasteiger partial charge in [-0.2, -0.15) is 57.1 Å². The summed E-state index contributed by atoms with van der Waals surface area (Å²) in [5.41, 5.74) is 0. The molecule has 0 rings (SSSR count). The molecule has 0 radical (unpaired) electrons. The lowest BCUT2D eigenvalue weighted by Gasteiger charge is -2.37. The normalized spacial score (nSPS) is 17.7. The van der Waals surface area contributed by atoms with E-state index in [1.807, 2.05) is 0 Å². The van der Waals surface area contributed by atoms with Crippen LogP contribution < -0.4 is 0 Å². The van der Waals surface area contributed by atoms with Crippen molar-refractivity contribution in [1.82, 2.24) is 0 Å². The lowest BCUT2D eigenvalue weighted by molar-refractivity contribution is -0.375. The number of rotatable bonds is 7. The Bertz CT molecular complexity index is 594. The lowest BCUT2D eigenvalue weighted by atomic mass is 9.94. The van der Waals surface area contributed by atoms with Crippen LogP contribution in [-0.2, 0) is 0 Å².